The molecule has 0 aromatic heterocycles. The molecule has 0 atom stereocenters. The summed E-state index contributed by atoms with van der Waals surface area (Å²) in [6.45, 7) is 4.40. The molecule has 128 valence electrons. The lowest BCUT2D eigenvalue weighted by molar-refractivity contribution is -0.120. The number of benzene rings is 2. The number of nitrogens with one attached hydrogen (secondary N) is 1. The predicted molar refractivity (Wildman–Crippen MR) is 95.5 cm³/mol. The van der Waals surface area contributed by atoms with Crippen molar-refractivity contribution in [1.29, 1.82) is 0 Å². The van der Waals surface area contributed by atoms with Crippen LogP contribution in [0.5, 0.6) is 0 Å². The number of rotatable bonds is 7. The van der Waals surface area contributed by atoms with Crippen LogP contribution in [0.15, 0.2) is 53.4 Å². The van der Waals surface area contributed by atoms with Crippen LogP contribution < -0.4 is 5.32 Å². The molecule has 4 nitrogen and oxygen atoms in total. The summed E-state index contributed by atoms with van der Waals surface area (Å²) >= 11 is 0. The largest absolute Gasteiger partial charge is 0.352 e. The highest BCUT2D eigenvalue weighted by molar-refractivity contribution is 7.91. The van der Waals surface area contributed by atoms with Gasteiger partial charge in [0.1, 0.15) is 0 Å². The molecule has 0 aliphatic rings. The first kappa shape index (κ1) is 18.2. The maximum atomic E-state index is 12.2. The minimum Gasteiger partial charge on any atom is -0.352 e. The molecule has 2 aromatic rings. The second kappa shape index (κ2) is 8.11. The van der Waals surface area contributed by atoms with E-state index < -0.39 is 9.84 Å². The zero-order valence-electron chi connectivity index (χ0n) is 14.1. The highest BCUT2D eigenvalue weighted by Gasteiger charge is 2.16. The first-order valence-corrected chi connectivity index (χ1v) is 9.70. The van der Waals surface area contributed by atoms with Gasteiger partial charge in [0.05, 0.1) is 10.6 Å². The number of hydrogen-bond acceptors (Lipinski definition) is 3. The van der Waals surface area contributed by atoms with Crippen molar-refractivity contribution >= 4 is 15.7 Å². The molecule has 0 spiro atoms. The van der Waals surface area contributed by atoms with Crippen LogP contribution in [-0.2, 0) is 27.6 Å². The summed E-state index contributed by atoms with van der Waals surface area (Å²) in [4.78, 5) is 12.2. The van der Waals surface area contributed by atoms with Gasteiger partial charge in [0, 0.05) is 13.0 Å². The number of carbonyl (C=O) groups is 1. The van der Waals surface area contributed by atoms with Gasteiger partial charge in [-0.25, -0.2) is 8.42 Å². The quantitative estimate of drug-likeness (QED) is 0.839. The van der Waals surface area contributed by atoms with E-state index in [2.05, 4.69) is 12.2 Å². The number of aryl methyl sites for hydroxylation is 2. The summed E-state index contributed by atoms with van der Waals surface area (Å²) in [5.74, 6) is -0.443. The monoisotopic (exact) mass is 345 g/mol. The lowest BCUT2D eigenvalue weighted by Gasteiger charge is -2.07. The fourth-order valence-corrected chi connectivity index (χ4v) is 3.51. The average molecular weight is 345 g/mol. The van der Waals surface area contributed by atoms with E-state index in [1.807, 2.05) is 31.2 Å². The van der Waals surface area contributed by atoms with Crippen LogP contribution in [0, 0.1) is 6.92 Å². The first-order chi connectivity index (χ1) is 11.4. The molecular weight excluding hydrogens is 322 g/mol. The smallest absolute Gasteiger partial charge is 0.221 e. The van der Waals surface area contributed by atoms with E-state index in [9.17, 15) is 13.2 Å². The molecule has 1 N–H and O–H groups in total. The third kappa shape index (κ3) is 5.20. The average Bonchev–Trinajstić information content (AvgIpc) is 2.59. The van der Waals surface area contributed by atoms with Gasteiger partial charge in [0.2, 0.25) is 5.91 Å². The van der Waals surface area contributed by atoms with E-state index in [1.165, 1.54) is 5.56 Å². The van der Waals surface area contributed by atoms with E-state index in [4.69, 9.17) is 0 Å². The highest BCUT2D eigenvalue weighted by Crippen LogP contribution is 2.13. The Labute approximate surface area is 143 Å². The van der Waals surface area contributed by atoms with Crippen LogP contribution in [0.1, 0.15) is 30.0 Å². The number of hydrogen-bond donors (Lipinski definition) is 1. The Bertz CT molecular complexity index is 778. The van der Waals surface area contributed by atoms with Gasteiger partial charge < -0.3 is 5.32 Å². The normalized spacial score (nSPS) is 11.2. The van der Waals surface area contributed by atoms with Crippen LogP contribution in [0.3, 0.4) is 0 Å². The molecule has 24 heavy (non-hydrogen) atoms. The minimum absolute atomic E-state index is 0.0384. The molecule has 0 saturated heterocycles. The highest BCUT2D eigenvalue weighted by atomic mass is 32.2. The summed E-state index contributed by atoms with van der Waals surface area (Å²) < 4.78 is 24.4. The Hall–Kier alpha value is -2.14. The number of amides is 1. The fraction of sp³-hybridized carbons (Fsp3) is 0.316. The van der Waals surface area contributed by atoms with Crippen LogP contribution in [-0.4, -0.2) is 20.1 Å². The van der Waals surface area contributed by atoms with Crippen molar-refractivity contribution in [2.24, 2.45) is 0 Å². The molecule has 0 aliphatic heterocycles. The first-order valence-electron chi connectivity index (χ1n) is 8.04. The van der Waals surface area contributed by atoms with Gasteiger partial charge in [0.15, 0.2) is 9.84 Å². The summed E-state index contributed by atoms with van der Waals surface area (Å²) in [6.07, 6.45) is 0.937. The van der Waals surface area contributed by atoms with E-state index in [0.717, 1.165) is 17.5 Å². The summed E-state index contributed by atoms with van der Waals surface area (Å²) in [5.41, 5.74) is 3.25. The van der Waals surface area contributed by atoms with Crippen LogP contribution in [0.25, 0.3) is 0 Å². The number of sulfone groups is 1. The maximum absolute atomic E-state index is 12.2. The maximum Gasteiger partial charge on any atom is 0.221 e. The van der Waals surface area contributed by atoms with Gasteiger partial charge in [-0.05, 0) is 36.6 Å². The molecule has 0 radical (unpaired) electrons. The third-order valence-electron chi connectivity index (χ3n) is 3.90. The zero-order chi connectivity index (χ0) is 17.6. The van der Waals surface area contributed by atoms with Crippen LogP contribution in [0.2, 0.25) is 0 Å². The van der Waals surface area contributed by atoms with Crippen molar-refractivity contribution in [2.45, 2.75) is 38.1 Å². The molecule has 1 amide bonds. The van der Waals surface area contributed by atoms with Gasteiger partial charge >= 0.3 is 0 Å². The van der Waals surface area contributed by atoms with Crippen molar-refractivity contribution in [3.05, 3.63) is 65.2 Å². The van der Waals surface area contributed by atoms with E-state index in [1.54, 1.807) is 24.3 Å². The Morgan fingerprint density at radius 3 is 2.12 bits per heavy atom. The molecular formula is C19H23NO3S. The Morgan fingerprint density at radius 2 is 1.54 bits per heavy atom. The number of carbonyl (C=O) groups excluding carboxylic acids is 1. The van der Waals surface area contributed by atoms with Gasteiger partial charge in [-0.3, -0.25) is 4.79 Å². The lowest BCUT2D eigenvalue weighted by Crippen LogP contribution is -2.25. The van der Waals surface area contributed by atoms with Crippen LogP contribution in [0.4, 0.5) is 0 Å². The zero-order valence-corrected chi connectivity index (χ0v) is 14.9. The molecule has 0 aliphatic carbocycles. The lowest BCUT2D eigenvalue weighted by atomic mass is 10.1. The van der Waals surface area contributed by atoms with E-state index >= 15 is 0 Å². The van der Waals surface area contributed by atoms with Crippen LogP contribution >= 0.6 is 0 Å². The predicted octanol–water partition coefficient (Wildman–Crippen LogP) is 3.04. The van der Waals surface area contributed by atoms with Gasteiger partial charge in [0.25, 0.3) is 0 Å². The molecule has 2 rings (SSSR count). The molecule has 2 aromatic carbocycles. The van der Waals surface area contributed by atoms with Gasteiger partial charge in [-0.15, -0.1) is 0 Å². The van der Waals surface area contributed by atoms with E-state index in [0.29, 0.717) is 6.54 Å². The standard InChI is InChI=1S/C19H23NO3S/c1-3-16-6-8-17(9-7-16)14-20-19(21)12-13-24(22,23)18-10-4-15(2)5-11-18/h4-11H,3,12-14H2,1-2H3,(H,20,21). The van der Waals surface area contributed by atoms with E-state index in [-0.39, 0.29) is 23.0 Å². The fourth-order valence-electron chi connectivity index (χ4n) is 2.27. The Morgan fingerprint density at radius 1 is 0.958 bits per heavy atom. The third-order valence-corrected chi connectivity index (χ3v) is 5.63. The Balaban J connectivity index is 1.84. The second-order valence-electron chi connectivity index (χ2n) is 5.83. The summed E-state index contributed by atoms with van der Waals surface area (Å²) in [5, 5.41) is 2.77. The van der Waals surface area contributed by atoms with Crippen molar-refractivity contribution < 1.29 is 13.2 Å². The summed E-state index contributed by atoms with van der Waals surface area (Å²) in [7, 11) is -3.42. The van der Waals surface area contributed by atoms with Crippen molar-refractivity contribution in [1.82, 2.24) is 5.32 Å². The van der Waals surface area contributed by atoms with Gasteiger partial charge in [-0.2, -0.15) is 0 Å². The molecule has 0 saturated carbocycles. The SMILES string of the molecule is CCc1ccc(CNC(=O)CCS(=O)(=O)c2ccc(C)cc2)cc1. The summed E-state index contributed by atoms with van der Waals surface area (Å²) in [6, 6.07) is 14.7. The molecule has 0 unspecified atom stereocenters. The molecule has 0 fully saturated rings. The molecule has 5 heteroatoms. The van der Waals surface area contributed by atoms with Gasteiger partial charge in [-0.1, -0.05) is 48.9 Å². The van der Waals surface area contributed by atoms with Crippen molar-refractivity contribution in [2.75, 3.05) is 5.75 Å². The second-order valence-corrected chi connectivity index (χ2v) is 7.94. The Kier molecular flexibility index (Phi) is 6.15. The topological polar surface area (TPSA) is 63.2 Å². The van der Waals surface area contributed by atoms with Crippen molar-refractivity contribution in [3.8, 4) is 0 Å². The molecule has 0 heterocycles. The molecule has 0 bridgehead atoms. The minimum atomic E-state index is -3.42. The van der Waals surface area contributed by atoms with Crippen molar-refractivity contribution in [3.63, 3.8) is 0 Å².